The van der Waals surface area contributed by atoms with Crippen LogP contribution in [0.2, 0.25) is 0 Å². The highest BCUT2D eigenvalue weighted by molar-refractivity contribution is 9.10. The second kappa shape index (κ2) is 8.37. The molecular weight excluding hydrogens is 418 g/mol. The smallest absolute Gasteiger partial charge is 0.225 e. The van der Waals surface area contributed by atoms with E-state index >= 15 is 0 Å². The summed E-state index contributed by atoms with van der Waals surface area (Å²) in [4.78, 5) is 29.5. The zero-order valence-electron chi connectivity index (χ0n) is 16.4. The van der Waals surface area contributed by atoms with Crippen LogP contribution in [-0.2, 0) is 11.5 Å². The molecule has 1 aromatic heterocycles. The van der Waals surface area contributed by atoms with Crippen LogP contribution in [0.4, 0.5) is 0 Å². The second-order valence-electron chi connectivity index (χ2n) is 8.35. The lowest BCUT2D eigenvalue weighted by Crippen LogP contribution is -2.46. The molecule has 4 rings (SSSR count). The number of fused-ring (bicyclic) bond motifs is 1. The van der Waals surface area contributed by atoms with E-state index in [2.05, 4.69) is 37.2 Å². The average molecular weight is 446 g/mol. The molecule has 5 nitrogen and oxygen atoms in total. The van der Waals surface area contributed by atoms with E-state index in [1.807, 2.05) is 24.4 Å². The first-order valence-electron chi connectivity index (χ1n) is 10.3. The third kappa shape index (κ3) is 4.03. The van der Waals surface area contributed by atoms with E-state index in [9.17, 15) is 9.59 Å². The fourth-order valence-electron chi connectivity index (χ4n) is 4.63. The summed E-state index contributed by atoms with van der Waals surface area (Å²) in [5.74, 6) is 1.16. The number of halogens is 1. The predicted octanol–water partition coefficient (Wildman–Crippen LogP) is 3.69. The fourth-order valence-corrected chi connectivity index (χ4v) is 5.22. The minimum atomic E-state index is 0.0487. The van der Waals surface area contributed by atoms with E-state index in [0.29, 0.717) is 11.8 Å². The molecule has 6 heteroatoms. The molecule has 1 amide bonds. The molecule has 1 unspecified atom stereocenters. The van der Waals surface area contributed by atoms with Crippen LogP contribution < -0.4 is 5.43 Å². The van der Waals surface area contributed by atoms with Crippen LogP contribution in [0.1, 0.15) is 32.6 Å². The Hall–Kier alpha value is -1.66. The van der Waals surface area contributed by atoms with Gasteiger partial charge < -0.3 is 9.47 Å². The number of aromatic nitrogens is 1. The van der Waals surface area contributed by atoms with Gasteiger partial charge in [-0.15, -0.1) is 0 Å². The van der Waals surface area contributed by atoms with Gasteiger partial charge in [0.2, 0.25) is 5.91 Å². The van der Waals surface area contributed by atoms with Crippen molar-refractivity contribution in [1.29, 1.82) is 0 Å². The topological polar surface area (TPSA) is 45.6 Å². The quantitative estimate of drug-likeness (QED) is 0.723. The Labute approximate surface area is 174 Å². The minimum absolute atomic E-state index is 0.0487. The van der Waals surface area contributed by atoms with E-state index in [1.165, 1.54) is 6.42 Å². The number of para-hydroxylation sites is 1. The van der Waals surface area contributed by atoms with Gasteiger partial charge in [-0.3, -0.25) is 14.5 Å². The van der Waals surface area contributed by atoms with E-state index in [1.54, 1.807) is 6.07 Å². The summed E-state index contributed by atoms with van der Waals surface area (Å²) in [5, 5.41) is 0.737. The Morgan fingerprint density at radius 2 is 1.93 bits per heavy atom. The molecule has 3 heterocycles. The maximum atomic E-state index is 12.9. The number of hydrogen-bond acceptors (Lipinski definition) is 3. The molecule has 2 saturated heterocycles. The largest absolute Gasteiger partial charge is 0.342 e. The summed E-state index contributed by atoms with van der Waals surface area (Å²) in [5.41, 5.74) is 0.989. The number of benzene rings is 1. The number of carbonyl (C=O) groups is 1. The monoisotopic (exact) mass is 445 g/mol. The molecule has 0 spiro atoms. The first-order chi connectivity index (χ1) is 13.5. The number of pyridine rings is 1. The Balaban J connectivity index is 1.41. The van der Waals surface area contributed by atoms with Crippen molar-refractivity contribution >= 4 is 32.7 Å². The van der Waals surface area contributed by atoms with Crippen LogP contribution in [0, 0.1) is 11.8 Å². The third-order valence-corrected chi connectivity index (χ3v) is 6.84. The normalized spacial score (nSPS) is 21.9. The lowest BCUT2D eigenvalue weighted by Gasteiger charge is -2.37. The van der Waals surface area contributed by atoms with Gasteiger partial charge >= 0.3 is 0 Å². The van der Waals surface area contributed by atoms with Crippen molar-refractivity contribution in [3.8, 4) is 0 Å². The van der Waals surface area contributed by atoms with Gasteiger partial charge in [0.1, 0.15) is 0 Å². The number of rotatable bonds is 3. The van der Waals surface area contributed by atoms with Crippen molar-refractivity contribution in [2.75, 3.05) is 26.2 Å². The molecule has 150 valence electrons. The number of carbonyl (C=O) groups excluding carboxylic acids is 1. The number of nitrogens with zero attached hydrogens (tertiary/aromatic N) is 3. The molecule has 0 aliphatic carbocycles. The molecule has 0 saturated carbocycles. The summed E-state index contributed by atoms with van der Waals surface area (Å²) in [6.07, 6.45) is 6.10. The summed E-state index contributed by atoms with van der Waals surface area (Å²) >= 11 is 3.60. The third-order valence-electron chi connectivity index (χ3n) is 6.20. The second-order valence-corrected chi connectivity index (χ2v) is 9.21. The molecule has 2 aromatic rings. The van der Waals surface area contributed by atoms with Crippen LogP contribution in [0.15, 0.2) is 39.7 Å². The van der Waals surface area contributed by atoms with Crippen LogP contribution in [0.3, 0.4) is 0 Å². The summed E-state index contributed by atoms with van der Waals surface area (Å²) in [6, 6.07) is 7.39. The van der Waals surface area contributed by atoms with Crippen molar-refractivity contribution in [3.05, 3.63) is 45.2 Å². The van der Waals surface area contributed by atoms with E-state index < -0.39 is 0 Å². The molecule has 1 atom stereocenters. The van der Waals surface area contributed by atoms with Crippen molar-refractivity contribution in [3.63, 3.8) is 0 Å². The highest BCUT2D eigenvalue weighted by atomic mass is 79.9. The van der Waals surface area contributed by atoms with Gasteiger partial charge in [-0.25, -0.2) is 0 Å². The Kier molecular flexibility index (Phi) is 5.88. The molecule has 2 aliphatic rings. The summed E-state index contributed by atoms with van der Waals surface area (Å²) in [7, 11) is 0. The van der Waals surface area contributed by atoms with Crippen LogP contribution in [-0.4, -0.2) is 46.5 Å². The summed E-state index contributed by atoms with van der Waals surface area (Å²) in [6.45, 7) is 6.67. The first-order valence-corrected chi connectivity index (χ1v) is 11.1. The van der Waals surface area contributed by atoms with Crippen molar-refractivity contribution in [1.82, 2.24) is 14.4 Å². The first kappa shape index (κ1) is 19.6. The van der Waals surface area contributed by atoms with Crippen molar-refractivity contribution in [2.45, 2.75) is 39.3 Å². The molecular formula is C22H28BrN3O2. The number of piperidine rings is 2. The van der Waals surface area contributed by atoms with Crippen LogP contribution in [0.5, 0.6) is 0 Å². The predicted molar refractivity (Wildman–Crippen MR) is 115 cm³/mol. The standard InChI is InChI=1S/C22H28BrN3O2/c1-16-4-3-10-25(14-16)22(28)17-7-11-24(12-8-17)15-26-13-9-20(27)18-5-2-6-19(23)21(18)26/h2,5-6,9,13,16-17H,3-4,7-8,10-12,14-15H2,1H3. The number of hydrogen-bond donors (Lipinski definition) is 0. The number of amides is 1. The average Bonchev–Trinajstić information content (AvgIpc) is 2.70. The molecule has 0 radical (unpaired) electrons. The van der Waals surface area contributed by atoms with Gasteiger partial charge in [0.05, 0.1) is 12.2 Å². The lowest BCUT2D eigenvalue weighted by molar-refractivity contribution is -0.139. The van der Waals surface area contributed by atoms with E-state index in [4.69, 9.17) is 0 Å². The highest BCUT2D eigenvalue weighted by Gasteiger charge is 2.30. The zero-order chi connectivity index (χ0) is 19.7. The Morgan fingerprint density at radius 3 is 2.68 bits per heavy atom. The minimum Gasteiger partial charge on any atom is -0.342 e. The van der Waals surface area contributed by atoms with Gasteiger partial charge in [0.25, 0.3) is 0 Å². The van der Waals surface area contributed by atoms with Gasteiger partial charge in [0.15, 0.2) is 5.43 Å². The SMILES string of the molecule is CC1CCCN(C(=O)C2CCN(Cn3ccc(=O)c4cccc(Br)c43)CC2)C1. The molecule has 2 fully saturated rings. The highest BCUT2D eigenvalue weighted by Crippen LogP contribution is 2.25. The number of likely N-dealkylation sites (tertiary alicyclic amines) is 2. The van der Waals surface area contributed by atoms with E-state index in [-0.39, 0.29) is 11.3 Å². The molecule has 0 N–H and O–H groups in total. The molecule has 0 bridgehead atoms. The van der Waals surface area contributed by atoms with Gasteiger partial charge in [-0.2, -0.15) is 0 Å². The van der Waals surface area contributed by atoms with Crippen LogP contribution in [0.25, 0.3) is 10.9 Å². The van der Waals surface area contributed by atoms with Gasteiger partial charge in [0, 0.05) is 54.2 Å². The lowest BCUT2D eigenvalue weighted by atomic mass is 9.93. The Bertz CT molecular complexity index is 918. The van der Waals surface area contributed by atoms with Crippen molar-refractivity contribution in [2.24, 2.45) is 11.8 Å². The van der Waals surface area contributed by atoms with Crippen molar-refractivity contribution < 1.29 is 4.79 Å². The molecule has 28 heavy (non-hydrogen) atoms. The maximum Gasteiger partial charge on any atom is 0.225 e. The van der Waals surface area contributed by atoms with E-state index in [0.717, 1.165) is 67.5 Å². The summed E-state index contributed by atoms with van der Waals surface area (Å²) < 4.78 is 3.07. The fraction of sp³-hybridized carbons (Fsp3) is 0.545. The molecule has 2 aliphatic heterocycles. The zero-order valence-corrected chi connectivity index (χ0v) is 18.0. The van der Waals surface area contributed by atoms with Crippen LogP contribution >= 0.6 is 15.9 Å². The Morgan fingerprint density at radius 1 is 1.14 bits per heavy atom. The van der Waals surface area contributed by atoms with Gasteiger partial charge in [-0.05, 0) is 59.7 Å². The maximum absolute atomic E-state index is 12.9. The van der Waals surface area contributed by atoms with Gasteiger partial charge in [-0.1, -0.05) is 13.0 Å². The molecule has 1 aromatic carbocycles.